The molecule has 4 rings (SSSR count). The first-order chi connectivity index (χ1) is 11.4. The molecule has 1 saturated heterocycles. The van der Waals surface area contributed by atoms with Crippen molar-refractivity contribution in [3.8, 4) is 0 Å². The van der Waals surface area contributed by atoms with Crippen LogP contribution in [0, 0.1) is 0 Å². The SMILES string of the molecule is O=C1CCC(=O)N1CC(O)(Cl)C1(c2ccc3ncccc3c2)CC1. The van der Waals surface area contributed by atoms with Crippen LogP contribution in [0.2, 0.25) is 0 Å². The number of amides is 2. The van der Waals surface area contributed by atoms with Gasteiger partial charge in [0.25, 0.3) is 0 Å². The summed E-state index contributed by atoms with van der Waals surface area (Å²) in [5, 5.41) is 10.2. The summed E-state index contributed by atoms with van der Waals surface area (Å²) < 4.78 is 0. The molecule has 2 heterocycles. The summed E-state index contributed by atoms with van der Waals surface area (Å²) in [7, 11) is 0. The van der Waals surface area contributed by atoms with Crippen molar-refractivity contribution in [2.45, 2.75) is 36.2 Å². The first-order valence-corrected chi connectivity index (χ1v) is 8.41. The maximum atomic E-state index is 11.8. The van der Waals surface area contributed by atoms with Crippen molar-refractivity contribution in [3.05, 3.63) is 42.1 Å². The fourth-order valence-electron chi connectivity index (χ4n) is 3.55. The number of hydrogen-bond acceptors (Lipinski definition) is 4. The number of aliphatic hydroxyl groups is 1. The molecule has 1 aromatic carbocycles. The lowest BCUT2D eigenvalue weighted by Gasteiger charge is -2.34. The average molecular weight is 345 g/mol. The summed E-state index contributed by atoms with van der Waals surface area (Å²) >= 11 is 6.48. The van der Waals surface area contributed by atoms with E-state index >= 15 is 0 Å². The first kappa shape index (κ1) is 15.5. The van der Waals surface area contributed by atoms with Crippen molar-refractivity contribution < 1.29 is 14.7 Å². The Hall–Kier alpha value is -1.98. The van der Waals surface area contributed by atoms with Crippen LogP contribution in [-0.4, -0.2) is 38.4 Å². The molecule has 0 radical (unpaired) electrons. The number of carbonyl (C=O) groups is 2. The summed E-state index contributed by atoms with van der Waals surface area (Å²) in [6.45, 7) is -0.169. The van der Waals surface area contributed by atoms with Crippen LogP contribution in [0.4, 0.5) is 0 Å². The number of likely N-dealkylation sites (tertiary alicyclic amines) is 1. The quantitative estimate of drug-likeness (QED) is 0.682. The van der Waals surface area contributed by atoms with Gasteiger partial charge in [0, 0.05) is 29.8 Å². The predicted octanol–water partition coefficient (Wildman–Crippen LogP) is 2.34. The molecule has 0 bridgehead atoms. The van der Waals surface area contributed by atoms with Crippen LogP contribution in [0.25, 0.3) is 10.9 Å². The average Bonchev–Trinajstić information content (AvgIpc) is 3.34. The molecule has 1 aliphatic heterocycles. The van der Waals surface area contributed by atoms with E-state index in [1.54, 1.807) is 6.20 Å². The largest absolute Gasteiger partial charge is 0.372 e. The van der Waals surface area contributed by atoms with Crippen LogP contribution in [-0.2, 0) is 15.0 Å². The van der Waals surface area contributed by atoms with Gasteiger partial charge in [-0.25, -0.2) is 0 Å². The van der Waals surface area contributed by atoms with Gasteiger partial charge in [0.15, 0.2) is 5.06 Å². The second-order valence-electron chi connectivity index (χ2n) is 6.63. The van der Waals surface area contributed by atoms with Crippen LogP contribution in [0.15, 0.2) is 36.5 Å². The number of pyridine rings is 1. The molecule has 2 aliphatic rings. The van der Waals surface area contributed by atoms with E-state index in [0.29, 0.717) is 0 Å². The van der Waals surface area contributed by atoms with Crippen LogP contribution >= 0.6 is 11.6 Å². The highest BCUT2D eigenvalue weighted by molar-refractivity contribution is 6.24. The van der Waals surface area contributed by atoms with Gasteiger partial charge >= 0.3 is 0 Å². The van der Waals surface area contributed by atoms with E-state index in [1.807, 2.05) is 30.3 Å². The first-order valence-electron chi connectivity index (χ1n) is 8.03. The smallest absolute Gasteiger partial charge is 0.229 e. The second-order valence-corrected chi connectivity index (χ2v) is 7.25. The number of alkyl halides is 1. The van der Waals surface area contributed by atoms with E-state index in [2.05, 4.69) is 4.98 Å². The second kappa shape index (κ2) is 5.26. The summed E-state index contributed by atoms with van der Waals surface area (Å²) in [6, 6.07) is 9.63. The van der Waals surface area contributed by atoms with Crippen molar-refractivity contribution >= 4 is 34.3 Å². The molecule has 1 atom stereocenters. The molecule has 2 fully saturated rings. The Labute approximate surface area is 144 Å². The molecule has 1 saturated carbocycles. The number of hydrogen-bond donors (Lipinski definition) is 1. The molecule has 1 aliphatic carbocycles. The zero-order chi connectivity index (χ0) is 16.9. The molecule has 1 unspecified atom stereocenters. The van der Waals surface area contributed by atoms with Crippen LogP contribution < -0.4 is 0 Å². The number of imide groups is 1. The van der Waals surface area contributed by atoms with Gasteiger partial charge in [-0.3, -0.25) is 19.5 Å². The minimum absolute atomic E-state index is 0.169. The van der Waals surface area contributed by atoms with Gasteiger partial charge in [-0.2, -0.15) is 0 Å². The van der Waals surface area contributed by atoms with E-state index in [0.717, 1.165) is 34.2 Å². The zero-order valence-electron chi connectivity index (χ0n) is 13.0. The number of aromatic nitrogens is 1. The lowest BCUT2D eigenvalue weighted by atomic mass is 9.88. The molecular weight excluding hydrogens is 328 g/mol. The summed E-state index contributed by atoms with van der Waals surface area (Å²) in [6.07, 6.45) is 3.56. The molecule has 124 valence electrons. The van der Waals surface area contributed by atoms with Gasteiger partial charge < -0.3 is 5.11 Å². The number of rotatable bonds is 4. The number of nitrogens with zero attached hydrogens (tertiary/aromatic N) is 2. The summed E-state index contributed by atoms with van der Waals surface area (Å²) in [4.78, 5) is 29.1. The standard InChI is InChI=1S/C18H17ClN2O3/c19-18(24,11-21-15(22)5-6-16(21)23)17(7-8-17)13-3-4-14-12(10-13)2-1-9-20-14/h1-4,9-10,24H,5-8,11H2. The maximum Gasteiger partial charge on any atom is 0.229 e. The van der Waals surface area contributed by atoms with Gasteiger partial charge in [-0.05, 0) is 36.6 Å². The number of halogens is 1. The molecule has 1 N–H and O–H groups in total. The Balaban J connectivity index is 1.67. The van der Waals surface area contributed by atoms with E-state index in [9.17, 15) is 14.7 Å². The van der Waals surface area contributed by atoms with Crippen molar-refractivity contribution in [2.75, 3.05) is 6.54 Å². The van der Waals surface area contributed by atoms with Gasteiger partial charge in [0.1, 0.15) is 0 Å². The topological polar surface area (TPSA) is 70.5 Å². The predicted molar refractivity (Wildman–Crippen MR) is 89.4 cm³/mol. The van der Waals surface area contributed by atoms with Crippen LogP contribution in [0.3, 0.4) is 0 Å². The Morgan fingerprint density at radius 3 is 2.58 bits per heavy atom. The van der Waals surface area contributed by atoms with Crippen molar-refractivity contribution in [3.63, 3.8) is 0 Å². The van der Waals surface area contributed by atoms with Gasteiger partial charge in [0.2, 0.25) is 11.8 Å². The molecule has 24 heavy (non-hydrogen) atoms. The van der Waals surface area contributed by atoms with Gasteiger partial charge in [-0.15, -0.1) is 0 Å². The summed E-state index contributed by atoms with van der Waals surface area (Å²) in [5.74, 6) is -0.532. The van der Waals surface area contributed by atoms with Gasteiger partial charge in [0.05, 0.1) is 12.1 Å². The molecule has 0 spiro atoms. The lowest BCUT2D eigenvalue weighted by molar-refractivity contribution is -0.141. The Morgan fingerprint density at radius 2 is 1.92 bits per heavy atom. The van der Waals surface area contributed by atoms with E-state index in [4.69, 9.17) is 11.6 Å². The van der Waals surface area contributed by atoms with Crippen molar-refractivity contribution in [2.24, 2.45) is 0 Å². The van der Waals surface area contributed by atoms with Gasteiger partial charge in [-0.1, -0.05) is 23.7 Å². The molecule has 5 nitrogen and oxygen atoms in total. The van der Waals surface area contributed by atoms with E-state index in [-0.39, 0.29) is 31.2 Å². The highest BCUT2D eigenvalue weighted by Crippen LogP contribution is 2.58. The number of benzene rings is 1. The van der Waals surface area contributed by atoms with Crippen LogP contribution in [0.1, 0.15) is 31.2 Å². The minimum atomic E-state index is -1.67. The Bertz CT molecular complexity index is 829. The third kappa shape index (κ3) is 2.31. The van der Waals surface area contributed by atoms with E-state index < -0.39 is 10.5 Å². The maximum absolute atomic E-state index is 11.8. The third-order valence-corrected chi connectivity index (χ3v) is 5.64. The molecular formula is C18H17ClN2O3. The zero-order valence-corrected chi connectivity index (χ0v) is 13.8. The molecule has 1 aromatic heterocycles. The summed E-state index contributed by atoms with van der Waals surface area (Å²) in [5.41, 5.74) is 1.15. The third-order valence-electron chi connectivity index (χ3n) is 5.16. The fourth-order valence-corrected chi connectivity index (χ4v) is 3.97. The van der Waals surface area contributed by atoms with Crippen molar-refractivity contribution in [1.29, 1.82) is 0 Å². The number of β-amino-alcohol motifs (C(OH)–C–C–N with tert-alkyl or cyclic N) is 1. The minimum Gasteiger partial charge on any atom is -0.372 e. The molecule has 2 aromatic rings. The fraction of sp³-hybridized carbons (Fsp3) is 0.389. The Morgan fingerprint density at radius 1 is 1.21 bits per heavy atom. The number of fused-ring (bicyclic) bond motifs is 1. The van der Waals surface area contributed by atoms with Crippen molar-refractivity contribution in [1.82, 2.24) is 9.88 Å². The highest BCUT2D eigenvalue weighted by Gasteiger charge is 2.60. The lowest BCUT2D eigenvalue weighted by Crippen LogP contribution is -2.49. The normalized spacial score (nSPS) is 22.0. The Kier molecular flexibility index (Phi) is 3.41. The number of carbonyl (C=O) groups excluding carboxylic acids is 2. The molecule has 6 heteroatoms. The monoisotopic (exact) mass is 344 g/mol. The highest BCUT2D eigenvalue weighted by atomic mass is 35.5. The van der Waals surface area contributed by atoms with E-state index in [1.165, 1.54) is 0 Å². The molecule has 2 amide bonds. The van der Waals surface area contributed by atoms with Crippen LogP contribution in [0.5, 0.6) is 0 Å².